The maximum atomic E-state index is 9.85. The van der Waals surface area contributed by atoms with Crippen LogP contribution in [0.2, 0.25) is 0 Å². The smallest absolute Gasteiger partial charge is 0.230 e. The van der Waals surface area contributed by atoms with Gasteiger partial charge in [0.2, 0.25) is 11.7 Å². The van der Waals surface area contributed by atoms with Crippen molar-refractivity contribution in [3.8, 4) is 22.9 Å². The van der Waals surface area contributed by atoms with Gasteiger partial charge in [0.05, 0.1) is 51.4 Å². The number of rotatable bonds is 8. The number of fused-ring (bicyclic) bond motifs is 1. The van der Waals surface area contributed by atoms with E-state index < -0.39 is 0 Å². The van der Waals surface area contributed by atoms with Crippen molar-refractivity contribution >= 4 is 28.5 Å². The van der Waals surface area contributed by atoms with Crippen molar-refractivity contribution in [3.63, 3.8) is 0 Å². The molecule has 10 heteroatoms. The molecule has 0 unspecified atom stereocenters. The van der Waals surface area contributed by atoms with Crippen molar-refractivity contribution in [2.24, 2.45) is 0 Å². The van der Waals surface area contributed by atoms with Crippen LogP contribution in [-0.4, -0.2) is 65.1 Å². The summed E-state index contributed by atoms with van der Waals surface area (Å²) in [5, 5.41) is 14.0. The number of imidazole rings is 1. The minimum Gasteiger partial charge on any atom is -0.493 e. The predicted octanol–water partition coefficient (Wildman–Crippen LogP) is 3.55. The van der Waals surface area contributed by atoms with Gasteiger partial charge in [-0.1, -0.05) is 12.1 Å². The van der Waals surface area contributed by atoms with Crippen LogP contribution in [0.3, 0.4) is 0 Å². The molecule has 1 saturated heterocycles. The van der Waals surface area contributed by atoms with Crippen LogP contribution in [0.25, 0.3) is 16.6 Å². The van der Waals surface area contributed by atoms with Crippen LogP contribution < -0.4 is 24.4 Å². The van der Waals surface area contributed by atoms with Gasteiger partial charge in [-0.3, -0.25) is 0 Å². The van der Waals surface area contributed by atoms with E-state index in [2.05, 4.69) is 15.2 Å². The quantitative estimate of drug-likeness (QED) is 0.395. The number of aliphatic hydroxyl groups is 1. The maximum Gasteiger partial charge on any atom is 0.230 e. The fourth-order valence-corrected chi connectivity index (χ4v) is 4.50. The molecule has 2 aromatic carbocycles. The molecule has 1 fully saturated rings. The van der Waals surface area contributed by atoms with Crippen molar-refractivity contribution in [3.05, 3.63) is 48.9 Å². The second kappa shape index (κ2) is 9.67. The van der Waals surface area contributed by atoms with E-state index in [1.807, 2.05) is 47.2 Å². The Morgan fingerprint density at radius 2 is 1.83 bits per heavy atom. The summed E-state index contributed by atoms with van der Waals surface area (Å²) in [4.78, 5) is 16.2. The first kappa shape index (κ1) is 22.7. The molecule has 4 aromatic rings. The van der Waals surface area contributed by atoms with Crippen LogP contribution >= 0.6 is 0 Å². The summed E-state index contributed by atoms with van der Waals surface area (Å²) < 4.78 is 18.2. The number of para-hydroxylation sites is 1. The summed E-state index contributed by atoms with van der Waals surface area (Å²) in [5.41, 5.74) is 1.62. The lowest BCUT2D eigenvalue weighted by molar-refractivity contribution is 0.266. The highest BCUT2D eigenvalue weighted by atomic mass is 16.5. The first-order valence-electron chi connectivity index (χ1n) is 11.4. The molecule has 0 spiro atoms. The average Bonchev–Trinajstić information content (AvgIpc) is 3.57. The predicted molar refractivity (Wildman–Crippen MR) is 133 cm³/mol. The van der Waals surface area contributed by atoms with Gasteiger partial charge in [0, 0.05) is 24.1 Å². The number of aliphatic hydroxyl groups excluding tert-OH is 1. The van der Waals surface area contributed by atoms with Crippen LogP contribution in [0.5, 0.6) is 17.2 Å². The number of nitrogens with zero attached hydrogens (tertiary/aromatic N) is 5. The Morgan fingerprint density at radius 3 is 2.54 bits per heavy atom. The number of nitrogens with one attached hydrogen (secondary N) is 1. The van der Waals surface area contributed by atoms with Gasteiger partial charge in [0.15, 0.2) is 17.3 Å². The van der Waals surface area contributed by atoms with Crippen molar-refractivity contribution in [1.29, 1.82) is 0 Å². The Bertz CT molecular complexity index is 1320. The number of methoxy groups -OCH3 is 3. The lowest BCUT2D eigenvalue weighted by Gasteiger charge is -2.25. The Labute approximate surface area is 203 Å². The second-order valence-corrected chi connectivity index (χ2v) is 8.23. The normalized spacial score (nSPS) is 15.4. The molecular weight excluding hydrogens is 448 g/mol. The zero-order valence-electron chi connectivity index (χ0n) is 19.9. The molecule has 35 heavy (non-hydrogen) atoms. The lowest BCUT2D eigenvalue weighted by atomic mass is 10.2. The van der Waals surface area contributed by atoms with E-state index in [0.717, 1.165) is 41.8 Å². The summed E-state index contributed by atoms with van der Waals surface area (Å²) in [6.45, 7) is 0.946. The van der Waals surface area contributed by atoms with Gasteiger partial charge in [-0.15, -0.1) is 0 Å². The molecule has 5 rings (SSSR count). The van der Waals surface area contributed by atoms with Crippen LogP contribution in [0.1, 0.15) is 12.8 Å². The SMILES string of the molecule is COc1cc(-n2cnc(Nc3nc(N4CCC[C@@H]4CO)c4ccccc4n3)c2)cc(OC)c1OC. The van der Waals surface area contributed by atoms with E-state index in [9.17, 15) is 5.11 Å². The number of hydrogen-bond acceptors (Lipinski definition) is 9. The Balaban J connectivity index is 1.48. The minimum absolute atomic E-state index is 0.0559. The highest BCUT2D eigenvalue weighted by molar-refractivity contribution is 5.91. The first-order chi connectivity index (χ1) is 17.1. The van der Waals surface area contributed by atoms with E-state index in [-0.39, 0.29) is 12.6 Å². The highest BCUT2D eigenvalue weighted by Crippen LogP contribution is 2.39. The molecule has 2 N–H and O–H groups in total. The average molecular weight is 477 g/mol. The van der Waals surface area contributed by atoms with Gasteiger partial charge in [0.1, 0.15) is 12.1 Å². The lowest BCUT2D eigenvalue weighted by Crippen LogP contribution is -2.33. The Kier molecular flexibility index (Phi) is 6.28. The molecule has 0 bridgehead atoms. The zero-order chi connectivity index (χ0) is 24.4. The molecule has 1 atom stereocenters. The third-order valence-electron chi connectivity index (χ3n) is 6.21. The van der Waals surface area contributed by atoms with E-state index in [0.29, 0.717) is 29.0 Å². The summed E-state index contributed by atoms with van der Waals surface area (Å²) in [6, 6.07) is 11.7. The number of aromatic nitrogens is 4. The van der Waals surface area contributed by atoms with Gasteiger partial charge >= 0.3 is 0 Å². The molecule has 0 radical (unpaired) electrons. The third kappa shape index (κ3) is 4.28. The van der Waals surface area contributed by atoms with Gasteiger partial charge in [-0.05, 0) is 25.0 Å². The number of hydrogen-bond donors (Lipinski definition) is 2. The zero-order valence-corrected chi connectivity index (χ0v) is 19.9. The first-order valence-corrected chi connectivity index (χ1v) is 11.4. The standard InChI is InChI=1S/C25H28N6O4/c1-33-20-11-17(12-21(34-2)23(20)35-3)30-13-22(26-15-30)28-25-27-19-9-5-4-8-18(19)24(29-25)31-10-6-7-16(31)14-32/h4-5,8-9,11-13,15-16,32H,6-7,10,14H2,1-3H3,(H,27,28,29)/t16-/m1/s1. The molecule has 1 aliphatic heterocycles. The largest absolute Gasteiger partial charge is 0.493 e. The van der Waals surface area contributed by atoms with Crippen LogP contribution in [-0.2, 0) is 0 Å². The molecule has 0 saturated carbocycles. The number of anilines is 3. The van der Waals surface area contributed by atoms with Gasteiger partial charge in [0.25, 0.3) is 0 Å². The van der Waals surface area contributed by atoms with Gasteiger partial charge in [-0.2, -0.15) is 4.98 Å². The van der Waals surface area contributed by atoms with E-state index >= 15 is 0 Å². The number of benzene rings is 2. The van der Waals surface area contributed by atoms with Crippen molar-refractivity contribution in [1.82, 2.24) is 19.5 Å². The molecular formula is C25H28N6O4. The molecule has 2 aromatic heterocycles. The molecule has 0 aliphatic carbocycles. The summed E-state index contributed by atoms with van der Waals surface area (Å²) >= 11 is 0. The van der Waals surface area contributed by atoms with E-state index in [1.54, 1.807) is 27.7 Å². The summed E-state index contributed by atoms with van der Waals surface area (Å²) in [7, 11) is 4.73. The second-order valence-electron chi connectivity index (χ2n) is 8.23. The van der Waals surface area contributed by atoms with Gasteiger partial charge in [-0.25, -0.2) is 9.97 Å². The fourth-order valence-electron chi connectivity index (χ4n) is 4.50. The topological polar surface area (TPSA) is 107 Å². The fraction of sp³-hybridized carbons (Fsp3) is 0.320. The molecule has 182 valence electrons. The molecule has 0 amide bonds. The summed E-state index contributed by atoms with van der Waals surface area (Å²) in [5.74, 6) is 3.47. The van der Waals surface area contributed by atoms with Crippen molar-refractivity contribution in [2.75, 3.05) is 44.7 Å². The molecule has 3 heterocycles. The van der Waals surface area contributed by atoms with Gasteiger partial charge < -0.3 is 34.1 Å². The Morgan fingerprint density at radius 1 is 1.06 bits per heavy atom. The monoisotopic (exact) mass is 476 g/mol. The molecule has 1 aliphatic rings. The summed E-state index contributed by atoms with van der Waals surface area (Å²) in [6.07, 6.45) is 5.49. The molecule has 10 nitrogen and oxygen atoms in total. The maximum absolute atomic E-state index is 9.85. The minimum atomic E-state index is 0.0559. The highest BCUT2D eigenvalue weighted by Gasteiger charge is 2.27. The third-order valence-corrected chi connectivity index (χ3v) is 6.21. The van der Waals surface area contributed by atoms with Crippen LogP contribution in [0, 0.1) is 0 Å². The van der Waals surface area contributed by atoms with E-state index in [1.165, 1.54) is 0 Å². The van der Waals surface area contributed by atoms with Crippen LogP contribution in [0.4, 0.5) is 17.6 Å². The van der Waals surface area contributed by atoms with Crippen molar-refractivity contribution < 1.29 is 19.3 Å². The van der Waals surface area contributed by atoms with E-state index in [4.69, 9.17) is 24.2 Å². The Hall–Kier alpha value is -4.05. The number of ether oxygens (including phenoxy) is 3. The van der Waals surface area contributed by atoms with Crippen LogP contribution in [0.15, 0.2) is 48.9 Å². The van der Waals surface area contributed by atoms with Crippen molar-refractivity contribution in [2.45, 2.75) is 18.9 Å².